The molecule has 2 aromatic heterocycles. The highest BCUT2D eigenvalue weighted by atomic mass is 16.5. The van der Waals surface area contributed by atoms with E-state index in [1.54, 1.807) is 7.11 Å². The van der Waals surface area contributed by atoms with Crippen molar-refractivity contribution < 1.29 is 9.26 Å². The molecule has 0 radical (unpaired) electrons. The van der Waals surface area contributed by atoms with Gasteiger partial charge >= 0.3 is 0 Å². The van der Waals surface area contributed by atoms with Crippen molar-refractivity contribution in [1.82, 2.24) is 14.7 Å². The number of ether oxygens (including phenoxy) is 1. The fraction of sp³-hybridized carbons (Fsp3) is 0.100. The topological polar surface area (TPSA) is 53.1 Å². The molecule has 0 N–H and O–H groups in total. The fourth-order valence-corrected chi connectivity index (χ4v) is 2.79. The quantitative estimate of drug-likeness (QED) is 0.531. The molecule has 0 unspecified atom stereocenters. The van der Waals surface area contributed by atoms with E-state index in [0.29, 0.717) is 18.1 Å². The monoisotopic (exact) mass is 329 g/mol. The second-order valence-electron chi connectivity index (χ2n) is 5.52. The molecule has 5 nitrogen and oxygen atoms in total. The summed E-state index contributed by atoms with van der Waals surface area (Å²) in [5.74, 6) is 4.72. The van der Waals surface area contributed by atoms with Gasteiger partial charge < -0.3 is 13.8 Å². The highest BCUT2D eigenvalue weighted by Crippen LogP contribution is 2.29. The van der Waals surface area contributed by atoms with Crippen LogP contribution in [-0.2, 0) is 6.54 Å². The van der Waals surface area contributed by atoms with Crippen molar-refractivity contribution in [2.24, 2.45) is 0 Å². The van der Waals surface area contributed by atoms with Gasteiger partial charge in [-0.3, -0.25) is 0 Å². The van der Waals surface area contributed by atoms with Crippen LogP contribution in [0.4, 0.5) is 0 Å². The third-order valence-corrected chi connectivity index (χ3v) is 4.02. The molecule has 0 aliphatic heterocycles. The van der Waals surface area contributed by atoms with Gasteiger partial charge in [0.05, 0.1) is 24.7 Å². The normalized spacial score (nSPS) is 10.7. The minimum absolute atomic E-state index is 0.411. The maximum atomic E-state index is 5.55. The molecule has 4 rings (SSSR count). The van der Waals surface area contributed by atoms with Crippen LogP contribution in [0.25, 0.3) is 33.9 Å². The smallest absolute Gasteiger partial charge is 0.203 e. The standard InChI is InChI=1S/C20H15N3O2/c1-3-12-23-18-7-5-4-6-16(18)21-20(23)19-13-17(22-25-19)14-8-10-15(24-2)11-9-14/h1,4-11,13H,12H2,2H3. The summed E-state index contributed by atoms with van der Waals surface area (Å²) in [4.78, 5) is 4.65. The Morgan fingerprint density at radius 2 is 1.96 bits per heavy atom. The van der Waals surface area contributed by atoms with Crippen molar-refractivity contribution >= 4 is 11.0 Å². The lowest BCUT2D eigenvalue weighted by Gasteiger charge is -2.01. The Bertz CT molecular complexity index is 1070. The number of rotatable bonds is 4. The largest absolute Gasteiger partial charge is 0.497 e. The number of nitrogens with zero attached hydrogens (tertiary/aromatic N) is 3. The average molecular weight is 329 g/mol. The van der Waals surface area contributed by atoms with Gasteiger partial charge in [0.25, 0.3) is 0 Å². The minimum Gasteiger partial charge on any atom is -0.497 e. The fourth-order valence-electron chi connectivity index (χ4n) is 2.79. The van der Waals surface area contributed by atoms with E-state index in [1.165, 1.54) is 0 Å². The van der Waals surface area contributed by atoms with Crippen LogP contribution in [0.1, 0.15) is 0 Å². The molecule has 25 heavy (non-hydrogen) atoms. The lowest BCUT2D eigenvalue weighted by molar-refractivity contribution is 0.414. The molecular weight excluding hydrogens is 314 g/mol. The van der Waals surface area contributed by atoms with E-state index in [9.17, 15) is 0 Å². The van der Waals surface area contributed by atoms with Gasteiger partial charge in [0.1, 0.15) is 11.4 Å². The molecular formula is C20H15N3O2. The van der Waals surface area contributed by atoms with E-state index in [0.717, 1.165) is 28.0 Å². The minimum atomic E-state index is 0.411. The number of para-hydroxylation sites is 2. The maximum absolute atomic E-state index is 5.55. The zero-order valence-corrected chi connectivity index (χ0v) is 13.6. The van der Waals surface area contributed by atoms with Gasteiger partial charge in [0.2, 0.25) is 5.76 Å². The van der Waals surface area contributed by atoms with Crippen LogP contribution in [0.15, 0.2) is 59.1 Å². The van der Waals surface area contributed by atoms with Gasteiger partial charge in [-0.1, -0.05) is 23.2 Å². The predicted molar refractivity (Wildman–Crippen MR) is 96.1 cm³/mol. The zero-order valence-electron chi connectivity index (χ0n) is 13.6. The highest BCUT2D eigenvalue weighted by molar-refractivity contribution is 5.80. The van der Waals surface area contributed by atoms with Crippen molar-refractivity contribution in [2.45, 2.75) is 6.54 Å². The Morgan fingerprint density at radius 1 is 1.16 bits per heavy atom. The number of methoxy groups -OCH3 is 1. The van der Waals surface area contributed by atoms with Crippen LogP contribution in [0, 0.1) is 12.3 Å². The molecule has 0 aliphatic rings. The Labute approximate surface area is 144 Å². The summed E-state index contributed by atoms with van der Waals surface area (Å²) in [5, 5.41) is 4.17. The number of terminal acetylenes is 1. The van der Waals surface area contributed by atoms with Crippen molar-refractivity contribution in [3.8, 4) is 40.9 Å². The molecule has 0 saturated carbocycles. The first-order valence-corrected chi connectivity index (χ1v) is 7.80. The van der Waals surface area contributed by atoms with E-state index in [4.69, 9.17) is 15.7 Å². The molecule has 0 bridgehead atoms. The zero-order chi connectivity index (χ0) is 17.2. The highest BCUT2D eigenvalue weighted by Gasteiger charge is 2.17. The lowest BCUT2D eigenvalue weighted by Crippen LogP contribution is -1.97. The molecule has 0 atom stereocenters. The maximum Gasteiger partial charge on any atom is 0.203 e. The van der Waals surface area contributed by atoms with Crippen molar-refractivity contribution in [1.29, 1.82) is 0 Å². The van der Waals surface area contributed by atoms with E-state index >= 15 is 0 Å². The predicted octanol–water partition coefficient (Wildman–Crippen LogP) is 4.00. The second-order valence-corrected chi connectivity index (χ2v) is 5.52. The SMILES string of the molecule is C#CCn1c(-c2cc(-c3ccc(OC)cc3)no2)nc2ccccc21. The van der Waals surface area contributed by atoms with Crippen LogP contribution in [0.5, 0.6) is 5.75 Å². The van der Waals surface area contributed by atoms with E-state index in [-0.39, 0.29) is 0 Å². The van der Waals surface area contributed by atoms with Crippen molar-refractivity contribution in [2.75, 3.05) is 7.11 Å². The summed E-state index contributed by atoms with van der Waals surface area (Å²) in [6.45, 7) is 0.411. The lowest BCUT2D eigenvalue weighted by atomic mass is 10.1. The first-order valence-electron chi connectivity index (χ1n) is 7.80. The van der Waals surface area contributed by atoms with Crippen LogP contribution >= 0.6 is 0 Å². The Kier molecular flexibility index (Phi) is 3.71. The summed E-state index contributed by atoms with van der Waals surface area (Å²) in [6, 6.07) is 17.4. The molecule has 5 heteroatoms. The van der Waals surface area contributed by atoms with Gasteiger partial charge in [-0.2, -0.15) is 0 Å². The number of fused-ring (bicyclic) bond motifs is 1. The van der Waals surface area contributed by atoms with Crippen LogP contribution < -0.4 is 4.74 Å². The Morgan fingerprint density at radius 3 is 2.72 bits per heavy atom. The first kappa shape index (κ1) is 15.0. The molecule has 4 aromatic rings. The summed E-state index contributed by atoms with van der Waals surface area (Å²) >= 11 is 0. The van der Waals surface area contributed by atoms with Gasteiger partial charge in [-0.15, -0.1) is 6.42 Å². The number of aromatic nitrogens is 3. The molecule has 2 heterocycles. The average Bonchev–Trinajstić information content (AvgIpc) is 3.27. The first-order chi connectivity index (χ1) is 12.3. The number of hydrogen-bond acceptors (Lipinski definition) is 4. The summed E-state index contributed by atoms with van der Waals surface area (Å²) < 4.78 is 12.7. The number of imidazole rings is 1. The molecule has 122 valence electrons. The third-order valence-electron chi connectivity index (χ3n) is 4.02. The van der Waals surface area contributed by atoms with Crippen LogP contribution in [0.3, 0.4) is 0 Å². The summed E-state index contributed by atoms with van der Waals surface area (Å²) in [6.07, 6.45) is 5.52. The van der Waals surface area contributed by atoms with E-state index in [2.05, 4.69) is 16.1 Å². The molecule has 0 fully saturated rings. The summed E-state index contributed by atoms with van der Waals surface area (Å²) in [7, 11) is 1.64. The van der Waals surface area contributed by atoms with E-state index < -0.39 is 0 Å². The van der Waals surface area contributed by atoms with Gasteiger partial charge in [0, 0.05) is 11.6 Å². The van der Waals surface area contributed by atoms with Gasteiger partial charge in [-0.25, -0.2) is 4.98 Å². The van der Waals surface area contributed by atoms with Gasteiger partial charge in [-0.05, 0) is 36.4 Å². The van der Waals surface area contributed by atoms with Crippen LogP contribution in [0.2, 0.25) is 0 Å². The second kappa shape index (κ2) is 6.17. The van der Waals surface area contributed by atoms with Gasteiger partial charge in [0.15, 0.2) is 5.82 Å². The summed E-state index contributed by atoms with van der Waals surface area (Å²) in [5.41, 5.74) is 3.51. The molecule has 2 aromatic carbocycles. The van der Waals surface area contributed by atoms with Crippen LogP contribution in [-0.4, -0.2) is 21.8 Å². The Balaban J connectivity index is 1.78. The molecule has 0 amide bonds. The number of hydrogen-bond donors (Lipinski definition) is 0. The number of benzene rings is 2. The van der Waals surface area contributed by atoms with E-state index in [1.807, 2.05) is 59.2 Å². The Hall–Kier alpha value is -3.52. The van der Waals surface area contributed by atoms with Crippen molar-refractivity contribution in [3.63, 3.8) is 0 Å². The molecule has 0 aliphatic carbocycles. The molecule has 0 spiro atoms. The van der Waals surface area contributed by atoms with Crippen molar-refractivity contribution in [3.05, 3.63) is 54.6 Å². The third kappa shape index (κ3) is 2.64. The molecule has 0 saturated heterocycles.